The summed E-state index contributed by atoms with van der Waals surface area (Å²) in [4.78, 5) is 9.19. The fraction of sp³-hybridized carbons (Fsp3) is 0.286. The van der Waals surface area contributed by atoms with Gasteiger partial charge in [-0.1, -0.05) is 15.9 Å². The first kappa shape index (κ1) is 15.5. The third-order valence-corrected chi connectivity index (χ3v) is 4.76. The zero-order valence-corrected chi connectivity index (χ0v) is 15.2. The molecule has 1 aromatic carbocycles. The first-order chi connectivity index (χ1) is 9.56. The van der Waals surface area contributed by atoms with Gasteiger partial charge in [-0.2, -0.15) is 0 Å². The molecular formula is C14H15BrIN3O. The van der Waals surface area contributed by atoms with Gasteiger partial charge in [0.05, 0.1) is 16.4 Å². The maximum Gasteiger partial charge on any atom is 0.163 e. The quantitative estimate of drug-likeness (QED) is 0.711. The van der Waals surface area contributed by atoms with E-state index in [-0.39, 0.29) is 0 Å². The molecule has 0 bridgehead atoms. The van der Waals surface area contributed by atoms with Gasteiger partial charge in [-0.3, -0.25) is 0 Å². The maximum atomic E-state index is 5.27. The van der Waals surface area contributed by atoms with E-state index < -0.39 is 0 Å². The topological polar surface area (TPSA) is 47.0 Å². The first-order valence-electron chi connectivity index (χ1n) is 6.18. The van der Waals surface area contributed by atoms with Crippen LogP contribution in [0.15, 0.2) is 22.7 Å². The van der Waals surface area contributed by atoms with Gasteiger partial charge in [-0.25, -0.2) is 9.97 Å². The van der Waals surface area contributed by atoms with Gasteiger partial charge in [-0.05, 0) is 54.6 Å². The van der Waals surface area contributed by atoms with E-state index in [9.17, 15) is 0 Å². The molecule has 6 heteroatoms. The summed E-state index contributed by atoms with van der Waals surface area (Å²) in [6.45, 7) is 4.86. The molecule has 1 N–H and O–H groups in total. The van der Waals surface area contributed by atoms with Crippen LogP contribution in [0.2, 0.25) is 0 Å². The number of hydrogen-bond acceptors (Lipinski definition) is 4. The van der Waals surface area contributed by atoms with Gasteiger partial charge in [-0.15, -0.1) is 0 Å². The molecular weight excluding hydrogens is 433 g/mol. The fourth-order valence-corrected chi connectivity index (χ4v) is 2.62. The molecule has 0 saturated carbocycles. The lowest BCUT2D eigenvalue weighted by molar-refractivity contribution is 0.415. The molecule has 4 nitrogen and oxygen atoms in total. The zero-order valence-electron chi connectivity index (χ0n) is 11.5. The van der Waals surface area contributed by atoms with E-state index in [0.717, 1.165) is 37.4 Å². The summed E-state index contributed by atoms with van der Waals surface area (Å²) < 4.78 is 7.26. The van der Waals surface area contributed by atoms with Crippen molar-refractivity contribution in [1.82, 2.24) is 9.97 Å². The van der Waals surface area contributed by atoms with Gasteiger partial charge < -0.3 is 10.1 Å². The van der Waals surface area contributed by atoms with Crippen molar-refractivity contribution in [3.8, 4) is 17.1 Å². The summed E-state index contributed by atoms with van der Waals surface area (Å²) in [5.41, 5.74) is 1.88. The minimum absolute atomic E-state index is 0.685. The van der Waals surface area contributed by atoms with Gasteiger partial charge in [0, 0.05) is 16.6 Å². The van der Waals surface area contributed by atoms with Crippen LogP contribution >= 0.6 is 38.5 Å². The Labute approximate surface area is 140 Å². The minimum atomic E-state index is 0.685. The van der Waals surface area contributed by atoms with E-state index in [0.29, 0.717) is 5.82 Å². The Morgan fingerprint density at radius 2 is 2.10 bits per heavy atom. The van der Waals surface area contributed by atoms with Crippen molar-refractivity contribution < 1.29 is 4.74 Å². The number of nitrogens with one attached hydrogen (secondary N) is 1. The third-order valence-electron chi connectivity index (χ3n) is 2.78. The molecule has 106 valence electrons. The van der Waals surface area contributed by atoms with Crippen LogP contribution < -0.4 is 10.1 Å². The number of halogens is 2. The number of aromatic nitrogens is 2. The van der Waals surface area contributed by atoms with Crippen molar-refractivity contribution in [3.63, 3.8) is 0 Å². The van der Waals surface area contributed by atoms with Crippen LogP contribution in [0.3, 0.4) is 0 Å². The van der Waals surface area contributed by atoms with E-state index in [1.54, 1.807) is 7.11 Å². The molecule has 2 rings (SSSR count). The van der Waals surface area contributed by atoms with Crippen LogP contribution in [0.1, 0.15) is 12.6 Å². The normalized spacial score (nSPS) is 10.4. The molecule has 0 atom stereocenters. The lowest BCUT2D eigenvalue weighted by Gasteiger charge is -2.11. The highest BCUT2D eigenvalue weighted by Crippen LogP contribution is 2.31. The molecule has 0 fully saturated rings. The molecule has 0 unspecified atom stereocenters. The van der Waals surface area contributed by atoms with Crippen molar-refractivity contribution in [2.24, 2.45) is 0 Å². The smallest absolute Gasteiger partial charge is 0.163 e. The predicted molar refractivity (Wildman–Crippen MR) is 93.3 cm³/mol. The molecule has 0 radical (unpaired) electrons. The van der Waals surface area contributed by atoms with Crippen molar-refractivity contribution in [3.05, 3.63) is 31.9 Å². The largest absolute Gasteiger partial charge is 0.497 e. The highest BCUT2D eigenvalue weighted by Gasteiger charge is 2.13. The highest BCUT2D eigenvalue weighted by atomic mass is 127. The molecule has 1 heterocycles. The number of ether oxygens (including phenoxy) is 1. The van der Waals surface area contributed by atoms with Crippen molar-refractivity contribution >= 4 is 44.3 Å². The van der Waals surface area contributed by atoms with E-state index in [1.807, 2.05) is 25.1 Å². The molecule has 20 heavy (non-hydrogen) atoms. The Balaban J connectivity index is 2.57. The van der Waals surface area contributed by atoms with E-state index in [4.69, 9.17) is 4.74 Å². The third kappa shape index (κ3) is 3.22. The molecule has 0 aliphatic heterocycles. The summed E-state index contributed by atoms with van der Waals surface area (Å²) in [5.74, 6) is 2.34. The lowest BCUT2D eigenvalue weighted by Crippen LogP contribution is -2.06. The van der Waals surface area contributed by atoms with Crippen LogP contribution in [0, 0.1) is 10.5 Å². The number of nitrogens with zero attached hydrogens (tertiary/aromatic N) is 2. The molecule has 0 spiro atoms. The minimum Gasteiger partial charge on any atom is -0.497 e. The summed E-state index contributed by atoms with van der Waals surface area (Å²) in [6, 6.07) is 5.78. The van der Waals surface area contributed by atoms with Crippen molar-refractivity contribution in [2.45, 2.75) is 13.8 Å². The van der Waals surface area contributed by atoms with Crippen LogP contribution in [-0.4, -0.2) is 23.6 Å². The van der Waals surface area contributed by atoms with Gasteiger partial charge in [0.1, 0.15) is 11.6 Å². The molecule has 0 aliphatic carbocycles. The predicted octanol–water partition coefficient (Wildman–Crippen LogP) is 4.26. The number of anilines is 1. The van der Waals surface area contributed by atoms with Gasteiger partial charge in [0.25, 0.3) is 0 Å². The molecule has 0 saturated heterocycles. The number of aryl methyl sites for hydroxylation is 1. The summed E-state index contributed by atoms with van der Waals surface area (Å²) >= 11 is 5.81. The molecule has 2 aromatic rings. The SMILES string of the molecule is CCNc1nc(-c2cc(OC)ccc2Br)nc(C)c1I. The van der Waals surface area contributed by atoms with Crippen LogP contribution in [0.4, 0.5) is 5.82 Å². The Bertz CT molecular complexity index is 634. The zero-order chi connectivity index (χ0) is 14.7. The second kappa shape index (κ2) is 6.71. The summed E-state index contributed by atoms with van der Waals surface area (Å²) in [6.07, 6.45) is 0. The summed E-state index contributed by atoms with van der Waals surface area (Å²) in [7, 11) is 1.65. The second-order valence-corrected chi connectivity index (χ2v) is 6.10. The number of benzene rings is 1. The molecule has 0 amide bonds. The van der Waals surface area contributed by atoms with Crippen LogP contribution in [-0.2, 0) is 0 Å². The maximum absolute atomic E-state index is 5.27. The van der Waals surface area contributed by atoms with E-state index >= 15 is 0 Å². The van der Waals surface area contributed by atoms with Crippen LogP contribution in [0.5, 0.6) is 5.75 Å². The Hall–Kier alpha value is -0.890. The average Bonchev–Trinajstić information content (AvgIpc) is 2.44. The van der Waals surface area contributed by atoms with E-state index in [2.05, 4.69) is 60.7 Å². The summed E-state index contributed by atoms with van der Waals surface area (Å²) in [5, 5.41) is 3.27. The van der Waals surface area contributed by atoms with Crippen molar-refractivity contribution in [1.29, 1.82) is 0 Å². The fourth-order valence-electron chi connectivity index (χ4n) is 1.77. The second-order valence-electron chi connectivity index (χ2n) is 4.17. The van der Waals surface area contributed by atoms with Gasteiger partial charge >= 0.3 is 0 Å². The Kier molecular flexibility index (Phi) is 5.20. The molecule has 0 aliphatic rings. The monoisotopic (exact) mass is 447 g/mol. The Morgan fingerprint density at radius 3 is 2.75 bits per heavy atom. The van der Waals surface area contributed by atoms with E-state index in [1.165, 1.54) is 0 Å². The Morgan fingerprint density at radius 1 is 1.35 bits per heavy atom. The first-order valence-corrected chi connectivity index (χ1v) is 8.06. The van der Waals surface area contributed by atoms with Crippen molar-refractivity contribution in [2.75, 3.05) is 19.0 Å². The highest BCUT2D eigenvalue weighted by molar-refractivity contribution is 14.1. The molecule has 1 aromatic heterocycles. The number of methoxy groups -OCH3 is 1. The number of rotatable bonds is 4. The lowest BCUT2D eigenvalue weighted by atomic mass is 10.2. The standard InChI is InChI=1S/C14H15BrIN3O/c1-4-17-14-12(16)8(2)18-13(19-14)10-7-9(20-3)5-6-11(10)15/h5-7H,4H2,1-3H3,(H,17,18,19). The van der Waals surface area contributed by atoms with Crippen LogP contribution in [0.25, 0.3) is 11.4 Å². The number of hydrogen-bond donors (Lipinski definition) is 1. The average molecular weight is 448 g/mol. The van der Waals surface area contributed by atoms with Gasteiger partial charge in [0.15, 0.2) is 5.82 Å². The van der Waals surface area contributed by atoms with Gasteiger partial charge in [0.2, 0.25) is 0 Å².